The SMILES string of the molecule is CCOC1CC(NCCNC(=O)OC(C)(C)C)C1(C)CC. The van der Waals surface area contributed by atoms with Crippen LogP contribution in [0.15, 0.2) is 0 Å². The molecule has 0 aromatic carbocycles. The van der Waals surface area contributed by atoms with Gasteiger partial charge in [-0.3, -0.25) is 0 Å². The Morgan fingerprint density at radius 2 is 1.95 bits per heavy atom. The number of carbonyl (C=O) groups excluding carboxylic acids is 1. The lowest BCUT2D eigenvalue weighted by Gasteiger charge is -2.53. The van der Waals surface area contributed by atoms with Crippen LogP contribution in [-0.2, 0) is 9.47 Å². The van der Waals surface area contributed by atoms with Crippen LogP contribution in [0.4, 0.5) is 4.79 Å². The summed E-state index contributed by atoms with van der Waals surface area (Å²) in [5.74, 6) is 0. The van der Waals surface area contributed by atoms with Gasteiger partial charge >= 0.3 is 6.09 Å². The molecular formula is C16H32N2O3. The molecule has 1 rings (SSSR count). The number of alkyl carbamates (subject to hydrolysis) is 1. The van der Waals surface area contributed by atoms with Gasteiger partial charge in [-0.2, -0.15) is 0 Å². The van der Waals surface area contributed by atoms with Crippen LogP contribution in [-0.4, -0.2) is 43.5 Å². The Kier molecular flexibility index (Phi) is 6.47. The number of hydrogen-bond acceptors (Lipinski definition) is 4. The number of hydrogen-bond donors (Lipinski definition) is 2. The quantitative estimate of drug-likeness (QED) is 0.710. The van der Waals surface area contributed by atoms with E-state index >= 15 is 0 Å². The molecule has 0 radical (unpaired) electrons. The second-order valence-electron chi connectivity index (χ2n) is 6.97. The first-order valence-electron chi connectivity index (χ1n) is 8.04. The van der Waals surface area contributed by atoms with E-state index in [1.165, 1.54) is 0 Å². The molecule has 3 atom stereocenters. The van der Waals surface area contributed by atoms with Crippen LogP contribution in [0.25, 0.3) is 0 Å². The second kappa shape index (κ2) is 7.45. The summed E-state index contributed by atoms with van der Waals surface area (Å²) in [4.78, 5) is 11.5. The Morgan fingerprint density at radius 1 is 1.29 bits per heavy atom. The largest absolute Gasteiger partial charge is 0.444 e. The van der Waals surface area contributed by atoms with Gasteiger partial charge in [0.1, 0.15) is 5.60 Å². The predicted octanol–water partition coefficient (Wildman–Crippen LogP) is 2.69. The third-order valence-corrected chi connectivity index (χ3v) is 4.29. The first kappa shape index (κ1) is 18.2. The summed E-state index contributed by atoms with van der Waals surface area (Å²) < 4.78 is 11.0. The summed E-state index contributed by atoms with van der Waals surface area (Å²) in [6, 6.07) is 0.458. The fraction of sp³-hybridized carbons (Fsp3) is 0.938. The molecular weight excluding hydrogens is 268 g/mol. The molecule has 1 aliphatic rings. The van der Waals surface area contributed by atoms with Crippen molar-refractivity contribution in [2.45, 2.75) is 72.1 Å². The second-order valence-corrected chi connectivity index (χ2v) is 6.97. The molecule has 21 heavy (non-hydrogen) atoms. The highest BCUT2D eigenvalue weighted by Crippen LogP contribution is 2.45. The molecule has 1 amide bonds. The number of ether oxygens (including phenoxy) is 2. The van der Waals surface area contributed by atoms with E-state index < -0.39 is 5.60 Å². The third-order valence-electron chi connectivity index (χ3n) is 4.29. The molecule has 0 aliphatic heterocycles. The summed E-state index contributed by atoms with van der Waals surface area (Å²) in [7, 11) is 0. The molecule has 124 valence electrons. The molecule has 0 saturated heterocycles. The highest BCUT2D eigenvalue weighted by molar-refractivity contribution is 5.67. The van der Waals surface area contributed by atoms with Crippen LogP contribution in [0.5, 0.6) is 0 Å². The van der Waals surface area contributed by atoms with Gasteiger partial charge < -0.3 is 20.1 Å². The van der Waals surface area contributed by atoms with Crippen molar-refractivity contribution in [3.8, 4) is 0 Å². The molecule has 5 heteroatoms. The lowest BCUT2D eigenvalue weighted by molar-refractivity contribution is -0.125. The Bertz CT molecular complexity index is 341. The first-order chi connectivity index (χ1) is 9.73. The van der Waals surface area contributed by atoms with Crippen molar-refractivity contribution in [3.63, 3.8) is 0 Å². The lowest BCUT2D eigenvalue weighted by Crippen LogP contribution is -2.62. The summed E-state index contributed by atoms with van der Waals surface area (Å²) in [6.45, 7) is 14.2. The fourth-order valence-corrected chi connectivity index (χ4v) is 2.79. The van der Waals surface area contributed by atoms with E-state index in [9.17, 15) is 4.79 Å². The normalized spacial score (nSPS) is 28.9. The van der Waals surface area contributed by atoms with Crippen molar-refractivity contribution in [3.05, 3.63) is 0 Å². The molecule has 1 fully saturated rings. The number of nitrogens with one attached hydrogen (secondary N) is 2. The Balaban J connectivity index is 2.23. The van der Waals surface area contributed by atoms with Gasteiger partial charge in [0.25, 0.3) is 0 Å². The number of carbonyl (C=O) groups is 1. The summed E-state index contributed by atoms with van der Waals surface area (Å²) in [6.07, 6.45) is 2.13. The van der Waals surface area contributed by atoms with Gasteiger partial charge in [-0.1, -0.05) is 13.8 Å². The summed E-state index contributed by atoms with van der Waals surface area (Å²) in [5, 5.41) is 6.29. The smallest absolute Gasteiger partial charge is 0.407 e. The minimum Gasteiger partial charge on any atom is -0.444 e. The molecule has 1 aliphatic carbocycles. The van der Waals surface area contributed by atoms with E-state index in [2.05, 4.69) is 24.5 Å². The third kappa shape index (κ3) is 5.15. The minimum absolute atomic E-state index is 0.196. The van der Waals surface area contributed by atoms with Gasteiger partial charge in [0.2, 0.25) is 0 Å². The first-order valence-corrected chi connectivity index (χ1v) is 8.04. The van der Waals surface area contributed by atoms with Crippen molar-refractivity contribution >= 4 is 6.09 Å². The minimum atomic E-state index is -0.447. The van der Waals surface area contributed by atoms with Gasteiger partial charge in [-0.05, 0) is 40.5 Å². The van der Waals surface area contributed by atoms with Crippen molar-refractivity contribution in [1.29, 1.82) is 0 Å². The molecule has 0 bridgehead atoms. The zero-order valence-electron chi connectivity index (χ0n) is 14.4. The summed E-state index contributed by atoms with van der Waals surface area (Å²) in [5.41, 5.74) is -0.251. The predicted molar refractivity (Wildman–Crippen MR) is 84.5 cm³/mol. The Morgan fingerprint density at radius 3 is 2.48 bits per heavy atom. The average molecular weight is 300 g/mol. The highest BCUT2D eigenvalue weighted by Gasteiger charge is 2.50. The van der Waals surface area contributed by atoms with Gasteiger partial charge in [-0.25, -0.2) is 4.79 Å². The molecule has 5 nitrogen and oxygen atoms in total. The van der Waals surface area contributed by atoms with E-state index in [1.54, 1.807) is 0 Å². The molecule has 0 aromatic rings. The molecule has 0 aromatic heterocycles. The van der Waals surface area contributed by atoms with Crippen LogP contribution in [0.3, 0.4) is 0 Å². The molecule has 3 unspecified atom stereocenters. The van der Waals surface area contributed by atoms with Crippen molar-refractivity contribution < 1.29 is 14.3 Å². The number of amides is 1. The van der Waals surface area contributed by atoms with E-state index in [4.69, 9.17) is 9.47 Å². The van der Waals surface area contributed by atoms with Crippen molar-refractivity contribution in [1.82, 2.24) is 10.6 Å². The van der Waals surface area contributed by atoms with Crippen molar-refractivity contribution in [2.24, 2.45) is 5.41 Å². The molecule has 2 N–H and O–H groups in total. The molecule has 1 saturated carbocycles. The van der Waals surface area contributed by atoms with Gasteiger partial charge in [0, 0.05) is 31.2 Å². The van der Waals surface area contributed by atoms with Crippen molar-refractivity contribution in [2.75, 3.05) is 19.7 Å². The maximum absolute atomic E-state index is 11.5. The maximum atomic E-state index is 11.5. The Labute approximate surface area is 129 Å². The zero-order chi connectivity index (χ0) is 16.1. The highest BCUT2D eigenvalue weighted by atomic mass is 16.6. The van der Waals surface area contributed by atoms with Crippen LogP contribution in [0.2, 0.25) is 0 Å². The van der Waals surface area contributed by atoms with Gasteiger partial charge in [0.15, 0.2) is 0 Å². The standard InChI is InChI=1S/C16H32N2O3/c1-7-16(6)12(11-13(16)20-8-2)17-9-10-18-14(19)21-15(3,4)5/h12-13,17H,7-11H2,1-6H3,(H,18,19). The monoisotopic (exact) mass is 300 g/mol. The zero-order valence-corrected chi connectivity index (χ0v) is 14.4. The average Bonchev–Trinajstić information content (AvgIpc) is 2.38. The fourth-order valence-electron chi connectivity index (χ4n) is 2.79. The van der Waals surface area contributed by atoms with E-state index in [0.717, 1.165) is 26.0 Å². The molecule has 0 spiro atoms. The Hall–Kier alpha value is -0.810. The van der Waals surface area contributed by atoms with E-state index in [0.29, 0.717) is 18.7 Å². The van der Waals surface area contributed by atoms with Crippen LogP contribution < -0.4 is 10.6 Å². The van der Waals surface area contributed by atoms with Crippen LogP contribution in [0, 0.1) is 5.41 Å². The van der Waals surface area contributed by atoms with E-state index in [-0.39, 0.29) is 11.5 Å². The van der Waals surface area contributed by atoms with Crippen LogP contribution in [0.1, 0.15) is 54.4 Å². The van der Waals surface area contributed by atoms with Gasteiger partial charge in [0.05, 0.1) is 6.10 Å². The van der Waals surface area contributed by atoms with Gasteiger partial charge in [-0.15, -0.1) is 0 Å². The number of rotatable bonds is 7. The summed E-state index contributed by atoms with van der Waals surface area (Å²) >= 11 is 0. The maximum Gasteiger partial charge on any atom is 0.407 e. The molecule has 0 heterocycles. The van der Waals surface area contributed by atoms with Crippen LogP contribution >= 0.6 is 0 Å². The lowest BCUT2D eigenvalue weighted by atomic mass is 9.61. The topological polar surface area (TPSA) is 59.6 Å². The van der Waals surface area contributed by atoms with E-state index in [1.807, 2.05) is 27.7 Å².